The first-order valence-electron chi connectivity index (χ1n) is 8.07. The van der Waals surface area contributed by atoms with Gasteiger partial charge in [0, 0.05) is 0 Å². The molecular formula is C18H24O2. The molecule has 1 aromatic carbocycles. The minimum Gasteiger partial charge on any atom is -0.481 e. The van der Waals surface area contributed by atoms with Crippen molar-refractivity contribution in [2.24, 2.45) is 0 Å². The summed E-state index contributed by atoms with van der Waals surface area (Å²) in [4.78, 5) is 11.8. The fraction of sp³-hybridized carbons (Fsp3) is 0.611. The Balaban J connectivity index is 1.97. The molecule has 0 radical (unpaired) electrons. The fourth-order valence-corrected chi connectivity index (χ4v) is 4.01. The molecule has 2 saturated carbocycles. The molecule has 3 rings (SSSR count). The number of benzene rings is 1. The molecule has 0 aliphatic heterocycles. The highest BCUT2D eigenvalue weighted by molar-refractivity contribution is 5.83. The van der Waals surface area contributed by atoms with Crippen molar-refractivity contribution in [3.8, 4) is 0 Å². The molecule has 108 valence electrons. The van der Waals surface area contributed by atoms with Crippen LogP contribution in [0, 0.1) is 0 Å². The van der Waals surface area contributed by atoms with E-state index < -0.39 is 11.4 Å². The largest absolute Gasteiger partial charge is 0.481 e. The molecule has 0 bridgehead atoms. The van der Waals surface area contributed by atoms with Gasteiger partial charge in [0.25, 0.3) is 0 Å². The molecule has 2 fully saturated rings. The van der Waals surface area contributed by atoms with E-state index in [1.54, 1.807) is 0 Å². The zero-order valence-electron chi connectivity index (χ0n) is 12.1. The Morgan fingerprint density at radius 2 is 1.65 bits per heavy atom. The molecule has 0 unspecified atom stereocenters. The Labute approximate surface area is 121 Å². The van der Waals surface area contributed by atoms with E-state index in [9.17, 15) is 9.90 Å². The normalized spacial score (nSPS) is 22.8. The summed E-state index contributed by atoms with van der Waals surface area (Å²) in [6.45, 7) is 0. The lowest BCUT2D eigenvalue weighted by Crippen LogP contribution is -2.43. The monoisotopic (exact) mass is 272 g/mol. The van der Waals surface area contributed by atoms with Gasteiger partial charge in [-0.25, -0.2) is 0 Å². The van der Waals surface area contributed by atoms with Crippen molar-refractivity contribution >= 4 is 5.97 Å². The van der Waals surface area contributed by atoms with Gasteiger partial charge in [-0.05, 0) is 42.7 Å². The van der Waals surface area contributed by atoms with Crippen molar-refractivity contribution in [2.45, 2.75) is 69.1 Å². The fourth-order valence-electron chi connectivity index (χ4n) is 4.01. The maximum atomic E-state index is 11.8. The molecule has 2 heteroatoms. The molecular weight excluding hydrogens is 248 g/mol. The summed E-state index contributed by atoms with van der Waals surface area (Å²) in [5.74, 6) is -0.0460. The van der Waals surface area contributed by atoms with Crippen molar-refractivity contribution in [3.63, 3.8) is 0 Å². The van der Waals surface area contributed by atoms with Gasteiger partial charge in [0.05, 0.1) is 5.41 Å². The number of aliphatic carboxylic acids is 1. The summed E-state index contributed by atoms with van der Waals surface area (Å²) in [7, 11) is 0. The average Bonchev–Trinajstić information content (AvgIpc) is 2.66. The van der Waals surface area contributed by atoms with Crippen LogP contribution in [0.25, 0.3) is 0 Å². The van der Waals surface area contributed by atoms with Crippen molar-refractivity contribution in [1.82, 2.24) is 0 Å². The van der Waals surface area contributed by atoms with Crippen LogP contribution >= 0.6 is 0 Å². The maximum absolute atomic E-state index is 11.8. The molecule has 0 atom stereocenters. The molecule has 2 aliphatic carbocycles. The second kappa shape index (κ2) is 5.59. The first-order chi connectivity index (χ1) is 9.74. The quantitative estimate of drug-likeness (QED) is 0.814. The number of carbonyl (C=O) groups is 1. The Bertz CT molecular complexity index is 480. The van der Waals surface area contributed by atoms with Gasteiger partial charge in [0.15, 0.2) is 0 Å². The van der Waals surface area contributed by atoms with Crippen LogP contribution in [0.2, 0.25) is 0 Å². The minimum absolute atomic E-state index is 0.575. The van der Waals surface area contributed by atoms with Gasteiger partial charge >= 0.3 is 5.97 Å². The van der Waals surface area contributed by atoms with E-state index in [2.05, 4.69) is 18.2 Å². The Morgan fingerprint density at radius 3 is 2.20 bits per heavy atom. The summed E-state index contributed by atoms with van der Waals surface area (Å²) >= 11 is 0. The summed E-state index contributed by atoms with van der Waals surface area (Å²) < 4.78 is 0. The lowest BCUT2D eigenvalue weighted by Gasteiger charge is -2.40. The maximum Gasteiger partial charge on any atom is 0.314 e. The van der Waals surface area contributed by atoms with Crippen LogP contribution < -0.4 is 0 Å². The highest BCUT2D eigenvalue weighted by Crippen LogP contribution is 2.47. The van der Waals surface area contributed by atoms with Crippen molar-refractivity contribution in [1.29, 1.82) is 0 Å². The second-order valence-corrected chi connectivity index (χ2v) is 6.52. The third kappa shape index (κ3) is 2.25. The van der Waals surface area contributed by atoms with Crippen molar-refractivity contribution in [2.75, 3.05) is 0 Å². The number of rotatable bonds is 3. The summed E-state index contributed by atoms with van der Waals surface area (Å²) in [5, 5.41) is 9.72. The molecule has 0 aromatic heterocycles. The van der Waals surface area contributed by atoms with Crippen molar-refractivity contribution < 1.29 is 9.90 Å². The average molecular weight is 272 g/mol. The van der Waals surface area contributed by atoms with E-state index in [-0.39, 0.29) is 0 Å². The zero-order chi connectivity index (χ0) is 14.0. The van der Waals surface area contributed by atoms with Crippen LogP contribution in [0.15, 0.2) is 24.3 Å². The van der Waals surface area contributed by atoms with Gasteiger partial charge < -0.3 is 5.11 Å². The van der Waals surface area contributed by atoms with E-state index in [0.717, 1.165) is 24.8 Å². The first-order valence-corrected chi connectivity index (χ1v) is 8.07. The Hall–Kier alpha value is -1.31. The van der Waals surface area contributed by atoms with Crippen LogP contribution in [0.1, 0.15) is 74.8 Å². The topological polar surface area (TPSA) is 37.3 Å². The minimum atomic E-state index is -0.621. The smallest absolute Gasteiger partial charge is 0.314 e. The molecule has 0 saturated heterocycles. The predicted octanol–water partition coefficient (Wildman–Crippen LogP) is 4.63. The van der Waals surface area contributed by atoms with E-state index in [0.29, 0.717) is 5.92 Å². The Morgan fingerprint density at radius 1 is 1.00 bits per heavy atom. The second-order valence-electron chi connectivity index (χ2n) is 6.52. The number of carboxylic acid groups (broad SMARTS) is 1. The van der Waals surface area contributed by atoms with Crippen LogP contribution in [0.5, 0.6) is 0 Å². The van der Waals surface area contributed by atoms with Crippen LogP contribution in [0.4, 0.5) is 0 Å². The molecule has 2 aliphatic rings. The number of carboxylic acids is 1. The summed E-state index contributed by atoms with van der Waals surface area (Å²) in [6, 6.07) is 8.36. The molecule has 2 nitrogen and oxygen atoms in total. The van der Waals surface area contributed by atoms with Crippen LogP contribution in [-0.2, 0) is 10.2 Å². The van der Waals surface area contributed by atoms with E-state index in [1.807, 2.05) is 6.07 Å². The van der Waals surface area contributed by atoms with Gasteiger partial charge in [0.1, 0.15) is 0 Å². The lowest BCUT2D eigenvalue weighted by molar-refractivity contribution is -0.147. The zero-order valence-corrected chi connectivity index (χ0v) is 12.1. The van der Waals surface area contributed by atoms with Crippen LogP contribution in [0.3, 0.4) is 0 Å². The van der Waals surface area contributed by atoms with E-state index in [1.165, 1.54) is 44.1 Å². The summed E-state index contributed by atoms with van der Waals surface area (Å²) in [5.41, 5.74) is 1.87. The SMILES string of the molecule is O=C(O)C1(c2ccccc2C2CCCCCC2)CCC1. The standard InChI is InChI=1S/C18H24O2/c19-17(20)18(12-7-13-18)16-11-6-5-10-15(16)14-8-3-1-2-4-9-14/h5-6,10-11,14H,1-4,7-9,12-13H2,(H,19,20). The number of hydrogen-bond donors (Lipinski definition) is 1. The third-order valence-electron chi connectivity index (χ3n) is 5.39. The molecule has 0 heterocycles. The van der Waals surface area contributed by atoms with E-state index >= 15 is 0 Å². The predicted molar refractivity (Wildman–Crippen MR) is 80.0 cm³/mol. The van der Waals surface area contributed by atoms with Gasteiger partial charge in [-0.3, -0.25) is 4.79 Å². The number of hydrogen-bond acceptors (Lipinski definition) is 1. The Kier molecular flexibility index (Phi) is 3.82. The van der Waals surface area contributed by atoms with Gasteiger partial charge in [-0.1, -0.05) is 56.4 Å². The molecule has 0 spiro atoms. The third-order valence-corrected chi connectivity index (χ3v) is 5.39. The highest BCUT2D eigenvalue weighted by atomic mass is 16.4. The summed E-state index contributed by atoms with van der Waals surface area (Å²) in [6.07, 6.45) is 10.4. The lowest BCUT2D eigenvalue weighted by atomic mass is 9.62. The first kappa shape index (κ1) is 13.7. The van der Waals surface area contributed by atoms with Gasteiger partial charge in [-0.15, -0.1) is 0 Å². The molecule has 1 aromatic rings. The van der Waals surface area contributed by atoms with Crippen LogP contribution in [-0.4, -0.2) is 11.1 Å². The van der Waals surface area contributed by atoms with Gasteiger partial charge in [-0.2, -0.15) is 0 Å². The highest BCUT2D eigenvalue weighted by Gasteiger charge is 2.47. The molecule has 0 amide bonds. The van der Waals surface area contributed by atoms with Gasteiger partial charge in [0.2, 0.25) is 0 Å². The van der Waals surface area contributed by atoms with E-state index in [4.69, 9.17) is 0 Å². The molecule has 20 heavy (non-hydrogen) atoms. The molecule has 1 N–H and O–H groups in total. The van der Waals surface area contributed by atoms with Crippen molar-refractivity contribution in [3.05, 3.63) is 35.4 Å².